The van der Waals surface area contributed by atoms with Gasteiger partial charge in [0, 0.05) is 6.42 Å². The molecular weight excluding hydrogens is 188 g/mol. The van der Waals surface area contributed by atoms with Crippen molar-refractivity contribution in [3.8, 4) is 0 Å². The highest BCUT2D eigenvalue weighted by molar-refractivity contribution is 6.54. The Morgan fingerprint density at radius 1 is 1.36 bits per heavy atom. The van der Waals surface area contributed by atoms with Gasteiger partial charge in [0.2, 0.25) is 0 Å². The number of aryl methyl sites for hydroxylation is 1. The standard InChI is InChI=1S/C12H18OSi/c1-9-5-4-6-12(11(9)3)14-8-7-10(2)13/h4-6H,7-8,14H2,1-3H3. The van der Waals surface area contributed by atoms with E-state index in [1.54, 1.807) is 6.92 Å². The van der Waals surface area contributed by atoms with Crippen molar-refractivity contribution in [3.63, 3.8) is 0 Å². The van der Waals surface area contributed by atoms with Gasteiger partial charge >= 0.3 is 0 Å². The van der Waals surface area contributed by atoms with E-state index in [4.69, 9.17) is 0 Å². The second kappa shape index (κ2) is 5.10. The average molecular weight is 206 g/mol. The number of Topliss-reactive ketones (excluding diaryl/α,β-unsaturated/α-hetero) is 1. The van der Waals surface area contributed by atoms with Crippen LogP contribution < -0.4 is 5.19 Å². The molecule has 0 atom stereocenters. The van der Waals surface area contributed by atoms with E-state index in [9.17, 15) is 4.79 Å². The van der Waals surface area contributed by atoms with Crippen LogP contribution in [-0.2, 0) is 4.79 Å². The maximum absolute atomic E-state index is 10.8. The Morgan fingerprint density at radius 3 is 2.71 bits per heavy atom. The van der Waals surface area contributed by atoms with Gasteiger partial charge in [0.05, 0.1) is 9.52 Å². The molecule has 1 aromatic carbocycles. The van der Waals surface area contributed by atoms with Gasteiger partial charge in [-0.2, -0.15) is 0 Å². The van der Waals surface area contributed by atoms with E-state index in [1.165, 1.54) is 16.3 Å². The molecule has 0 aliphatic carbocycles. The summed E-state index contributed by atoms with van der Waals surface area (Å²) < 4.78 is 0. The molecule has 0 N–H and O–H groups in total. The van der Waals surface area contributed by atoms with Crippen molar-refractivity contribution in [2.45, 2.75) is 33.2 Å². The Kier molecular flexibility index (Phi) is 4.08. The zero-order valence-electron chi connectivity index (χ0n) is 9.26. The molecule has 0 aromatic heterocycles. The third kappa shape index (κ3) is 3.11. The van der Waals surface area contributed by atoms with Gasteiger partial charge in [-0.25, -0.2) is 0 Å². The fraction of sp³-hybridized carbons (Fsp3) is 0.417. The first-order valence-electron chi connectivity index (χ1n) is 5.16. The van der Waals surface area contributed by atoms with E-state index in [0.717, 1.165) is 12.5 Å². The van der Waals surface area contributed by atoms with Gasteiger partial charge in [-0.3, -0.25) is 0 Å². The minimum Gasteiger partial charge on any atom is -0.300 e. The largest absolute Gasteiger partial charge is 0.300 e. The molecule has 14 heavy (non-hydrogen) atoms. The maximum atomic E-state index is 10.8. The first-order chi connectivity index (χ1) is 6.61. The third-order valence-electron chi connectivity index (χ3n) is 2.69. The molecule has 0 saturated heterocycles. The van der Waals surface area contributed by atoms with Crippen molar-refractivity contribution in [3.05, 3.63) is 29.3 Å². The molecule has 0 aliphatic heterocycles. The summed E-state index contributed by atoms with van der Waals surface area (Å²) in [6, 6.07) is 7.60. The predicted octanol–water partition coefficient (Wildman–Crippen LogP) is 1.49. The summed E-state index contributed by atoms with van der Waals surface area (Å²) in [7, 11) is -0.225. The van der Waals surface area contributed by atoms with Crippen LogP contribution in [0.15, 0.2) is 18.2 Å². The Bertz CT molecular complexity index is 331. The van der Waals surface area contributed by atoms with Crippen molar-refractivity contribution in [2.24, 2.45) is 0 Å². The lowest BCUT2D eigenvalue weighted by atomic mass is 10.1. The van der Waals surface area contributed by atoms with E-state index in [0.29, 0.717) is 5.78 Å². The summed E-state index contributed by atoms with van der Waals surface area (Å²) in [6.45, 7) is 6.02. The van der Waals surface area contributed by atoms with Crippen LogP contribution in [0.4, 0.5) is 0 Å². The molecule has 1 rings (SSSR count). The van der Waals surface area contributed by atoms with E-state index >= 15 is 0 Å². The molecule has 1 nitrogen and oxygen atoms in total. The summed E-state index contributed by atoms with van der Waals surface area (Å²) in [4.78, 5) is 10.8. The zero-order valence-corrected chi connectivity index (χ0v) is 10.7. The molecule has 0 spiro atoms. The van der Waals surface area contributed by atoms with E-state index < -0.39 is 0 Å². The number of hydrogen-bond donors (Lipinski definition) is 0. The molecular formula is C12H18OSi. The lowest BCUT2D eigenvalue weighted by Gasteiger charge is -2.06. The number of rotatable bonds is 4. The van der Waals surface area contributed by atoms with Crippen LogP contribution >= 0.6 is 0 Å². The predicted molar refractivity (Wildman–Crippen MR) is 64.2 cm³/mol. The summed E-state index contributed by atoms with van der Waals surface area (Å²) in [5.41, 5.74) is 2.81. The monoisotopic (exact) mass is 206 g/mol. The first-order valence-corrected chi connectivity index (χ1v) is 6.86. The SMILES string of the molecule is CC(=O)CC[SiH2]c1cccc(C)c1C. The van der Waals surface area contributed by atoms with Crippen molar-refractivity contribution in [2.75, 3.05) is 0 Å². The van der Waals surface area contributed by atoms with Crippen molar-refractivity contribution < 1.29 is 4.79 Å². The Balaban J connectivity index is 2.59. The average Bonchev–Trinajstić information content (AvgIpc) is 2.12. The van der Waals surface area contributed by atoms with Crippen molar-refractivity contribution in [1.29, 1.82) is 0 Å². The van der Waals surface area contributed by atoms with Gasteiger partial charge < -0.3 is 4.79 Å². The van der Waals surface area contributed by atoms with E-state index in [2.05, 4.69) is 32.0 Å². The number of benzene rings is 1. The Labute approximate surface area is 88.4 Å². The molecule has 1 aromatic rings. The molecule has 0 bridgehead atoms. The second-order valence-electron chi connectivity index (χ2n) is 3.91. The molecule has 0 heterocycles. The zero-order chi connectivity index (χ0) is 10.6. The maximum Gasteiger partial charge on any atom is 0.129 e. The second-order valence-corrected chi connectivity index (χ2v) is 5.88. The highest BCUT2D eigenvalue weighted by Crippen LogP contribution is 2.03. The normalized spacial score (nSPS) is 11.1. The third-order valence-corrected chi connectivity index (χ3v) is 4.70. The molecule has 0 unspecified atom stereocenters. The summed E-state index contributed by atoms with van der Waals surface area (Å²) >= 11 is 0. The van der Waals surface area contributed by atoms with Crippen LogP contribution in [0.25, 0.3) is 0 Å². The highest BCUT2D eigenvalue weighted by atomic mass is 28.2. The van der Waals surface area contributed by atoms with Crippen LogP contribution in [0, 0.1) is 13.8 Å². The first kappa shape index (κ1) is 11.2. The van der Waals surface area contributed by atoms with Gasteiger partial charge in [0.15, 0.2) is 0 Å². The smallest absolute Gasteiger partial charge is 0.129 e. The fourth-order valence-corrected chi connectivity index (χ4v) is 3.62. The topological polar surface area (TPSA) is 17.1 Å². The minimum atomic E-state index is -0.225. The molecule has 0 fully saturated rings. The molecule has 76 valence electrons. The highest BCUT2D eigenvalue weighted by Gasteiger charge is 2.01. The summed E-state index contributed by atoms with van der Waals surface area (Å²) in [5.74, 6) is 0.322. The fourth-order valence-electron chi connectivity index (χ4n) is 1.61. The lowest BCUT2D eigenvalue weighted by Crippen LogP contribution is -2.18. The van der Waals surface area contributed by atoms with Crippen LogP contribution in [0.5, 0.6) is 0 Å². The number of carbonyl (C=O) groups is 1. The molecule has 2 heteroatoms. The molecule has 0 saturated carbocycles. The number of hydrogen-bond acceptors (Lipinski definition) is 1. The lowest BCUT2D eigenvalue weighted by molar-refractivity contribution is -0.116. The quantitative estimate of drug-likeness (QED) is 0.682. The van der Waals surface area contributed by atoms with Gasteiger partial charge in [0.1, 0.15) is 5.78 Å². The van der Waals surface area contributed by atoms with Crippen molar-refractivity contribution >= 4 is 20.5 Å². The number of carbonyl (C=O) groups excluding carboxylic acids is 1. The summed E-state index contributed by atoms with van der Waals surface area (Å²) in [6.07, 6.45) is 0.763. The summed E-state index contributed by atoms with van der Waals surface area (Å²) in [5, 5.41) is 1.52. The molecule has 0 aliphatic rings. The molecule has 0 radical (unpaired) electrons. The Hall–Kier alpha value is -0.893. The van der Waals surface area contributed by atoms with Crippen LogP contribution in [-0.4, -0.2) is 15.3 Å². The van der Waals surface area contributed by atoms with Crippen molar-refractivity contribution in [1.82, 2.24) is 0 Å². The van der Waals surface area contributed by atoms with Gasteiger partial charge in [-0.1, -0.05) is 29.4 Å². The molecule has 0 amide bonds. The van der Waals surface area contributed by atoms with E-state index in [1.807, 2.05) is 0 Å². The minimum absolute atomic E-state index is 0.225. The number of ketones is 1. The van der Waals surface area contributed by atoms with E-state index in [-0.39, 0.29) is 9.52 Å². The van der Waals surface area contributed by atoms with Gasteiger partial charge in [0.25, 0.3) is 0 Å². The van der Waals surface area contributed by atoms with Gasteiger partial charge in [-0.15, -0.1) is 0 Å². The van der Waals surface area contributed by atoms with Crippen LogP contribution in [0.1, 0.15) is 24.5 Å². The van der Waals surface area contributed by atoms with Crippen LogP contribution in [0.3, 0.4) is 0 Å². The van der Waals surface area contributed by atoms with Crippen LogP contribution in [0.2, 0.25) is 6.04 Å². The van der Waals surface area contributed by atoms with Gasteiger partial charge in [-0.05, 0) is 31.9 Å². The Morgan fingerprint density at radius 2 is 2.07 bits per heavy atom.